The summed E-state index contributed by atoms with van der Waals surface area (Å²) in [6, 6.07) is 7.38. The Morgan fingerprint density at radius 1 is 1.19 bits per heavy atom. The van der Waals surface area contributed by atoms with Crippen LogP contribution in [0.4, 0.5) is 18.9 Å². The number of pyridine rings is 1. The van der Waals surface area contributed by atoms with Crippen molar-refractivity contribution < 1.29 is 21.6 Å². The van der Waals surface area contributed by atoms with Crippen molar-refractivity contribution in [1.82, 2.24) is 24.5 Å². The fourth-order valence-electron chi connectivity index (χ4n) is 3.15. The molecule has 0 aliphatic rings. The minimum absolute atomic E-state index is 0.00678. The summed E-state index contributed by atoms with van der Waals surface area (Å²) >= 11 is 0. The van der Waals surface area contributed by atoms with Crippen LogP contribution < -0.4 is 4.72 Å². The van der Waals surface area contributed by atoms with Gasteiger partial charge in [-0.15, -0.1) is 0 Å². The van der Waals surface area contributed by atoms with Crippen LogP contribution in [0.15, 0.2) is 53.9 Å². The topological polar surface area (TPSA) is 118 Å². The number of rotatable bonds is 5. The summed E-state index contributed by atoms with van der Waals surface area (Å²) in [7, 11) is -2.55. The van der Waals surface area contributed by atoms with E-state index < -0.39 is 21.9 Å². The summed E-state index contributed by atoms with van der Waals surface area (Å²) in [5.74, 6) is 0. The Kier molecular flexibility index (Phi) is 5.09. The van der Waals surface area contributed by atoms with Crippen LogP contribution in [0.3, 0.4) is 0 Å². The van der Waals surface area contributed by atoms with E-state index in [0.717, 1.165) is 29.3 Å². The van der Waals surface area contributed by atoms with Crippen molar-refractivity contribution in [2.75, 3.05) is 4.72 Å². The van der Waals surface area contributed by atoms with Gasteiger partial charge in [0.25, 0.3) is 10.0 Å². The molecule has 32 heavy (non-hydrogen) atoms. The first-order valence-electron chi connectivity index (χ1n) is 9.02. The fraction of sp³-hybridized carbons (Fsp3) is 0.158. The van der Waals surface area contributed by atoms with Crippen molar-refractivity contribution in [1.29, 1.82) is 5.26 Å². The summed E-state index contributed by atoms with van der Waals surface area (Å²) in [5.41, 5.74) is -0.00833. The van der Waals surface area contributed by atoms with Gasteiger partial charge in [0.05, 0.1) is 48.0 Å². The predicted molar refractivity (Wildman–Crippen MR) is 107 cm³/mol. The summed E-state index contributed by atoms with van der Waals surface area (Å²) < 4.78 is 69.8. The van der Waals surface area contributed by atoms with Gasteiger partial charge >= 0.3 is 6.18 Å². The van der Waals surface area contributed by atoms with E-state index in [1.54, 1.807) is 25.4 Å². The first kappa shape index (κ1) is 21.3. The molecule has 0 atom stereocenters. The lowest BCUT2D eigenvalue weighted by Gasteiger charge is -2.12. The number of sulfonamides is 1. The average molecular weight is 461 g/mol. The van der Waals surface area contributed by atoms with Gasteiger partial charge in [-0.1, -0.05) is 12.1 Å². The van der Waals surface area contributed by atoms with Crippen LogP contribution in [-0.2, 0) is 29.7 Å². The summed E-state index contributed by atoms with van der Waals surface area (Å²) in [5, 5.41) is 17.8. The zero-order chi connectivity index (χ0) is 23.1. The van der Waals surface area contributed by atoms with E-state index in [1.807, 2.05) is 6.07 Å². The van der Waals surface area contributed by atoms with Crippen LogP contribution in [-0.4, -0.2) is 33.0 Å². The van der Waals surface area contributed by atoms with Gasteiger partial charge in [-0.3, -0.25) is 14.4 Å². The second-order valence-corrected chi connectivity index (χ2v) is 8.45. The van der Waals surface area contributed by atoms with Crippen LogP contribution in [0.25, 0.3) is 16.6 Å². The molecule has 3 heterocycles. The fourth-order valence-corrected chi connectivity index (χ4v) is 4.19. The number of alkyl halides is 3. The molecule has 4 aromatic rings. The monoisotopic (exact) mass is 461 g/mol. The van der Waals surface area contributed by atoms with Crippen LogP contribution in [0, 0.1) is 11.3 Å². The molecule has 0 spiro atoms. The van der Waals surface area contributed by atoms with Crippen LogP contribution in [0.2, 0.25) is 0 Å². The number of hydrogen-bond acceptors (Lipinski definition) is 6. The van der Waals surface area contributed by atoms with E-state index >= 15 is 0 Å². The Morgan fingerprint density at radius 3 is 2.69 bits per heavy atom. The first-order chi connectivity index (χ1) is 15.1. The Morgan fingerprint density at radius 2 is 1.97 bits per heavy atom. The number of anilines is 1. The molecule has 9 nitrogen and oxygen atoms in total. The normalized spacial score (nSPS) is 12.1. The molecular weight excluding hydrogens is 447 g/mol. The highest BCUT2D eigenvalue weighted by atomic mass is 32.2. The number of fused-ring (bicyclic) bond motifs is 1. The van der Waals surface area contributed by atoms with Crippen molar-refractivity contribution >= 4 is 26.6 Å². The molecule has 0 aliphatic heterocycles. The number of benzene rings is 1. The smallest absolute Gasteiger partial charge is 0.277 e. The lowest BCUT2D eigenvalue weighted by atomic mass is 10.1. The largest absolute Gasteiger partial charge is 0.433 e. The summed E-state index contributed by atoms with van der Waals surface area (Å²) in [6.45, 7) is 0. The molecule has 164 valence electrons. The number of nitrogens with zero attached hydrogens (tertiary/aromatic N) is 6. The number of aryl methyl sites for hydroxylation is 1. The molecule has 0 saturated carbocycles. The third kappa shape index (κ3) is 3.87. The minimum Gasteiger partial charge on any atom is -0.277 e. The van der Waals surface area contributed by atoms with Crippen LogP contribution in [0.1, 0.15) is 11.3 Å². The minimum atomic E-state index is -4.65. The molecule has 1 aromatic carbocycles. The zero-order valence-electron chi connectivity index (χ0n) is 16.4. The number of halogens is 3. The quantitative estimate of drug-likeness (QED) is 0.488. The van der Waals surface area contributed by atoms with Gasteiger partial charge in [-0.05, 0) is 17.7 Å². The molecule has 0 fully saturated rings. The van der Waals surface area contributed by atoms with Gasteiger partial charge in [-0.25, -0.2) is 13.1 Å². The molecule has 0 saturated heterocycles. The maximum absolute atomic E-state index is 13.0. The molecule has 0 radical (unpaired) electrons. The van der Waals surface area contributed by atoms with E-state index in [-0.39, 0.29) is 22.7 Å². The van der Waals surface area contributed by atoms with E-state index in [1.165, 1.54) is 10.7 Å². The molecule has 13 heteroatoms. The molecule has 0 bridgehead atoms. The van der Waals surface area contributed by atoms with Crippen molar-refractivity contribution in [3.05, 3.63) is 60.3 Å². The molecule has 3 aromatic heterocycles. The van der Waals surface area contributed by atoms with E-state index in [0.29, 0.717) is 16.5 Å². The van der Waals surface area contributed by atoms with Crippen LogP contribution in [0.5, 0.6) is 0 Å². The molecule has 0 amide bonds. The van der Waals surface area contributed by atoms with Crippen LogP contribution >= 0.6 is 0 Å². The Labute approximate surface area is 179 Å². The molecule has 1 N–H and O–H groups in total. The second kappa shape index (κ2) is 7.65. The highest BCUT2D eigenvalue weighted by Crippen LogP contribution is 2.31. The molecular formula is C19H14F3N7O2S. The summed E-state index contributed by atoms with van der Waals surface area (Å²) in [4.78, 5) is 3.00. The number of hydrogen-bond donors (Lipinski definition) is 1. The molecule has 0 aliphatic carbocycles. The highest BCUT2D eigenvalue weighted by Gasteiger charge is 2.32. The van der Waals surface area contributed by atoms with Crippen molar-refractivity contribution in [3.8, 4) is 11.8 Å². The highest BCUT2D eigenvalue weighted by molar-refractivity contribution is 7.92. The van der Waals surface area contributed by atoms with Crippen molar-refractivity contribution in [3.63, 3.8) is 0 Å². The van der Waals surface area contributed by atoms with E-state index in [9.17, 15) is 21.6 Å². The lowest BCUT2D eigenvalue weighted by molar-refractivity contribution is -0.141. The third-order valence-corrected chi connectivity index (χ3v) is 5.97. The standard InChI is InChI=1S/C19H14F3N7O2S/c1-28-18-13(9-25-28)3-2-12(4-6-23)17(18)27-32(30,31)15-10-26-29(11-15)14-5-7-24-16(8-14)19(20,21)22/h2-3,5,7-11,27H,4H2,1H3. The number of nitrogens with one attached hydrogen (secondary N) is 1. The van der Waals surface area contributed by atoms with E-state index in [2.05, 4.69) is 19.9 Å². The van der Waals surface area contributed by atoms with Gasteiger partial charge in [0.15, 0.2) is 0 Å². The number of aromatic nitrogens is 5. The Balaban J connectivity index is 1.73. The second-order valence-electron chi connectivity index (χ2n) is 6.76. The van der Waals surface area contributed by atoms with Gasteiger partial charge in [0, 0.05) is 18.6 Å². The van der Waals surface area contributed by atoms with Gasteiger partial charge in [0.2, 0.25) is 0 Å². The van der Waals surface area contributed by atoms with Gasteiger partial charge in [-0.2, -0.15) is 28.6 Å². The third-order valence-electron chi connectivity index (χ3n) is 4.66. The van der Waals surface area contributed by atoms with Crippen molar-refractivity contribution in [2.24, 2.45) is 7.05 Å². The Hall–Kier alpha value is -3.92. The van der Waals surface area contributed by atoms with Gasteiger partial charge < -0.3 is 0 Å². The SMILES string of the molecule is Cn1ncc2ccc(CC#N)c(NS(=O)(=O)c3cnn(-c4ccnc(C(F)(F)F)c4)c3)c21. The number of nitriles is 1. The van der Waals surface area contributed by atoms with Gasteiger partial charge in [0.1, 0.15) is 10.6 Å². The Bertz CT molecular complexity index is 1470. The van der Waals surface area contributed by atoms with Crippen molar-refractivity contribution in [2.45, 2.75) is 17.5 Å². The molecule has 0 unspecified atom stereocenters. The maximum atomic E-state index is 13.0. The average Bonchev–Trinajstić information content (AvgIpc) is 3.37. The summed E-state index contributed by atoms with van der Waals surface area (Å²) in [6.07, 6.45) is -0.0743. The maximum Gasteiger partial charge on any atom is 0.433 e. The first-order valence-corrected chi connectivity index (χ1v) is 10.5. The molecule has 4 rings (SSSR count). The lowest BCUT2D eigenvalue weighted by Crippen LogP contribution is -2.15. The van der Waals surface area contributed by atoms with E-state index in [4.69, 9.17) is 5.26 Å². The zero-order valence-corrected chi connectivity index (χ0v) is 17.2. The predicted octanol–water partition coefficient (Wildman–Crippen LogP) is 3.04.